The van der Waals surface area contributed by atoms with E-state index < -0.39 is 0 Å². The second kappa shape index (κ2) is 9.07. The van der Waals surface area contributed by atoms with Gasteiger partial charge in [0.1, 0.15) is 30.5 Å². The van der Waals surface area contributed by atoms with Gasteiger partial charge in [-0.2, -0.15) is 0 Å². The molecule has 6 heteroatoms. The minimum atomic E-state index is -0.276. The van der Waals surface area contributed by atoms with E-state index in [1.54, 1.807) is 12.1 Å². The van der Waals surface area contributed by atoms with Crippen LogP contribution in [0.25, 0.3) is 0 Å². The average molecular weight is 369 g/mol. The molecule has 142 valence electrons. The second-order valence-electron chi connectivity index (χ2n) is 6.16. The van der Waals surface area contributed by atoms with Crippen molar-refractivity contribution >= 4 is 5.69 Å². The summed E-state index contributed by atoms with van der Waals surface area (Å²) >= 11 is 0. The number of ether oxygens (including phenoxy) is 2. The highest BCUT2D eigenvalue weighted by Gasteiger charge is 2.09. The van der Waals surface area contributed by atoms with Gasteiger partial charge in [0.2, 0.25) is 0 Å². The van der Waals surface area contributed by atoms with Gasteiger partial charge in [0.25, 0.3) is 0 Å². The minimum Gasteiger partial charge on any atom is -0.490 e. The zero-order valence-corrected chi connectivity index (χ0v) is 15.6. The van der Waals surface area contributed by atoms with Gasteiger partial charge < -0.3 is 18.9 Å². The minimum absolute atomic E-state index is 0.276. The maximum Gasteiger partial charge on any atom is 0.123 e. The van der Waals surface area contributed by atoms with Crippen molar-refractivity contribution in [3.8, 4) is 11.5 Å². The zero-order chi connectivity index (χ0) is 19.1. The molecule has 3 rings (SSSR count). The van der Waals surface area contributed by atoms with Gasteiger partial charge in [-0.1, -0.05) is 6.07 Å². The van der Waals surface area contributed by atoms with Crippen molar-refractivity contribution in [1.29, 1.82) is 0 Å². The highest BCUT2D eigenvalue weighted by atomic mass is 19.1. The van der Waals surface area contributed by atoms with Crippen LogP contribution in [0.4, 0.5) is 10.1 Å². The first kappa shape index (κ1) is 18.8. The van der Waals surface area contributed by atoms with Crippen LogP contribution < -0.4 is 14.4 Å². The molecule has 0 fully saturated rings. The SMILES string of the molecule is CCN(Cc1cncn1C)c1cccc(OCCOc2ccc(F)cc2)c1. The molecule has 0 aliphatic rings. The maximum absolute atomic E-state index is 12.9. The smallest absolute Gasteiger partial charge is 0.123 e. The van der Waals surface area contributed by atoms with Crippen molar-refractivity contribution in [3.63, 3.8) is 0 Å². The van der Waals surface area contributed by atoms with Gasteiger partial charge in [0.05, 0.1) is 18.6 Å². The summed E-state index contributed by atoms with van der Waals surface area (Å²) < 4.78 is 26.3. The normalized spacial score (nSPS) is 10.6. The number of hydrogen-bond acceptors (Lipinski definition) is 4. The Hall–Kier alpha value is -3.02. The molecular weight excluding hydrogens is 345 g/mol. The van der Waals surface area contributed by atoms with Gasteiger partial charge in [0, 0.05) is 31.5 Å². The summed E-state index contributed by atoms with van der Waals surface area (Å²) in [5, 5.41) is 0. The van der Waals surface area contributed by atoms with Gasteiger partial charge in [-0.15, -0.1) is 0 Å². The fourth-order valence-corrected chi connectivity index (χ4v) is 2.74. The Morgan fingerprint density at radius 3 is 2.44 bits per heavy atom. The molecule has 0 spiro atoms. The highest BCUT2D eigenvalue weighted by molar-refractivity contribution is 5.50. The molecule has 0 saturated heterocycles. The fraction of sp³-hybridized carbons (Fsp3) is 0.286. The van der Waals surface area contributed by atoms with E-state index in [9.17, 15) is 4.39 Å². The third kappa shape index (κ3) is 5.23. The van der Waals surface area contributed by atoms with E-state index in [-0.39, 0.29) is 5.82 Å². The summed E-state index contributed by atoms with van der Waals surface area (Å²) in [6.45, 7) is 4.59. The van der Waals surface area contributed by atoms with Gasteiger partial charge >= 0.3 is 0 Å². The van der Waals surface area contributed by atoms with Gasteiger partial charge in [-0.3, -0.25) is 0 Å². The number of anilines is 1. The largest absolute Gasteiger partial charge is 0.490 e. The van der Waals surface area contributed by atoms with E-state index in [1.165, 1.54) is 12.1 Å². The Kier molecular flexibility index (Phi) is 6.30. The lowest BCUT2D eigenvalue weighted by Crippen LogP contribution is -2.23. The summed E-state index contributed by atoms with van der Waals surface area (Å²) in [4.78, 5) is 6.44. The van der Waals surface area contributed by atoms with Crippen LogP contribution >= 0.6 is 0 Å². The molecule has 27 heavy (non-hydrogen) atoms. The van der Waals surface area contributed by atoms with Crippen molar-refractivity contribution < 1.29 is 13.9 Å². The third-order valence-corrected chi connectivity index (χ3v) is 4.27. The first-order valence-corrected chi connectivity index (χ1v) is 8.97. The standard InChI is InChI=1S/C21H24FN3O2/c1-3-25(15-19-14-23-16-24(19)2)18-5-4-6-21(13-18)27-12-11-26-20-9-7-17(22)8-10-20/h4-10,13-14,16H,3,11-12,15H2,1-2H3. The van der Waals surface area contributed by atoms with E-state index in [2.05, 4.69) is 22.9 Å². The monoisotopic (exact) mass is 369 g/mol. The number of nitrogens with zero attached hydrogens (tertiary/aromatic N) is 3. The molecule has 0 amide bonds. The van der Waals surface area contributed by atoms with E-state index in [0.29, 0.717) is 19.0 Å². The lowest BCUT2D eigenvalue weighted by molar-refractivity contribution is 0.217. The summed E-state index contributed by atoms with van der Waals surface area (Å²) in [5.74, 6) is 1.14. The summed E-state index contributed by atoms with van der Waals surface area (Å²) in [7, 11) is 2.00. The molecule has 1 aromatic heterocycles. The first-order chi connectivity index (χ1) is 13.2. The van der Waals surface area contributed by atoms with Crippen molar-refractivity contribution in [3.05, 3.63) is 72.6 Å². The van der Waals surface area contributed by atoms with E-state index in [1.807, 2.05) is 42.3 Å². The number of halogens is 1. The number of aromatic nitrogens is 2. The number of aryl methyl sites for hydroxylation is 1. The Morgan fingerprint density at radius 2 is 1.78 bits per heavy atom. The van der Waals surface area contributed by atoms with Crippen LogP contribution in [0, 0.1) is 5.82 Å². The zero-order valence-electron chi connectivity index (χ0n) is 15.6. The van der Waals surface area contributed by atoms with Gasteiger partial charge in [-0.05, 0) is 43.3 Å². The molecule has 5 nitrogen and oxygen atoms in total. The topological polar surface area (TPSA) is 39.5 Å². The van der Waals surface area contributed by atoms with Crippen LogP contribution in [-0.2, 0) is 13.6 Å². The van der Waals surface area contributed by atoms with E-state index in [4.69, 9.17) is 9.47 Å². The Balaban J connectivity index is 1.54. The average Bonchev–Trinajstić information content (AvgIpc) is 3.09. The van der Waals surface area contributed by atoms with Crippen molar-refractivity contribution in [2.45, 2.75) is 13.5 Å². The predicted octanol–water partition coefficient (Wildman–Crippen LogP) is 4.04. The summed E-state index contributed by atoms with van der Waals surface area (Å²) in [6.07, 6.45) is 3.69. The van der Waals surface area contributed by atoms with Gasteiger partial charge in [-0.25, -0.2) is 9.37 Å². The van der Waals surface area contributed by atoms with Crippen LogP contribution in [0.1, 0.15) is 12.6 Å². The highest BCUT2D eigenvalue weighted by Crippen LogP contribution is 2.23. The quantitative estimate of drug-likeness (QED) is 0.534. The first-order valence-electron chi connectivity index (χ1n) is 8.97. The third-order valence-electron chi connectivity index (χ3n) is 4.27. The lowest BCUT2D eigenvalue weighted by atomic mass is 10.2. The summed E-state index contributed by atoms with van der Waals surface area (Å²) in [6, 6.07) is 14.0. The lowest BCUT2D eigenvalue weighted by Gasteiger charge is -2.23. The Bertz CT molecular complexity index is 849. The van der Waals surface area contributed by atoms with Gasteiger partial charge in [0.15, 0.2) is 0 Å². The number of benzene rings is 2. The molecule has 1 heterocycles. The molecule has 0 aliphatic carbocycles. The Labute approximate surface area is 159 Å². The van der Waals surface area contributed by atoms with Crippen LogP contribution in [0.15, 0.2) is 61.1 Å². The molecule has 0 bridgehead atoms. The molecule has 0 N–H and O–H groups in total. The molecule has 3 aromatic rings. The number of rotatable bonds is 9. The molecular formula is C21H24FN3O2. The van der Waals surface area contributed by atoms with E-state index >= 15 is 0 Å². The molecule has 0 aliphatic heterocycles. The maximum atomic E-state index is 12.9. The predicted molar refractivity (Wildman–Crippen MR) is 104 cm³/mol. The van der Waals surface area contributed by atoms with Crippen LogP contribution in [0.5, 0.6) is 11.5 Å². The van der Waals surface area contributed by atoms with Crippen molar-refractivity contribution in [1.82, 2.24) is 9.55 Å². The number of hydrogen-bond donors (Lipinski definition) is 0. The molecule has 0 atom stereocenters. The fourth-order valence-electron chi connectivity index (χ4n) is 2.74. The second-order valence-corrected chi connectivity index (χ2v) is 6.16. The van der Waals surface area contributed by atoms with Crippen LogP contribution in [0.2, 0.25) is 0 Å². The van der Waals surface area contributed by atoms with Crippen molar-refractivity contribution in [2.75, 3.05) is 24.7 Å². The van der Waals surface area contributed by atoms with Crippen molar-refractivity contribution in [2.24, 2.45) is 7.05 Å². The molecule has 0 radical (unpaired) electrons. The van der Waals surface area contributed by atoms with Crippen LogP contribution in [0.3, 0.4) is 0 Å². The van der Waals surface area contributed by atoms with E-state index in [0.717, 1.165) is 30.2 Å². The van der Waals surface area contributed by atoms with Crippen LogP contribution in [-0.4, -0.2) is 29.3 Å². The molecule has 2 aromatic carbocycles. The summed E-state index contributed by atoms with van der Waals surface area (Å²) in [5.41, 5.74) is 2.24. The molecule has 0 saturated carbocycles. The Morgan fingerprint density at radius 1 is 1.04 bits per heavy atom. The molecule has 0 unspecified atom stereocenters. The number of imidazole rings is 1.